The average Bonchev–Trinajstić information content (AvgIpc) is 2.81. The van der Waals surface area contributed by atoms with Crippen LogP contribution in [-0.4, -0.2) is 55.2 Å². The topological polar surface area (TPSA) is 32.8 Å². The van der Waals surface area contributed by atoms with E-state index in [2.05, 4.69) is 11.9 Å². The van der Waals surface area contributed by atoms with Crippen LogP contribution in [0.25, 0.3) is 0 Å². The fourth-order valence-electron chi connectivity index (χ4n) is 2.51. The van der Waals surface area contributed by atoms with Crippen LogP contribution in [0.2, 0.25) is 0 Å². The number of nitrogens with zero attached hydrogens (tertiary/aromatic N) is 2. The van der Waals surface area contributed by atoms with Gasteiger partial charge < -0.3 is 14.5 Å². The monoisotopic (exact) mass is 226 g/mol. The molecule has 1 amide bonds. The number of carbonyl (C=O) groups excluding carboxylic acids is 1. The van der Waals surface area contributed by atoms with Crippen LogP contribution in [0.3, 0.4) is 0 Å². The lowest BCUT2D eigenvalue weighted by Crippen LogP contribution is -2.41. The second-order valence-corrected chi connectivity index (χ2v) is 4.90. The van der Waals surface area contributed by atoms with Gasteiger partial charge in [0.15, 0.2) is 0 Å². The smallest absolute Gasteiger partial charge is 0.409 e. The molecule has 0 saturated carbocycles. The molecule has 0 aliphatic carbocycles. The molecule has 1 atom stereocenters. The van der Waals surface area contributed by atoms with Crippen molar-refractivity contribution in [3.05, 3.63) is 0 Å². The summed E-state index contributed by atoms with van der Waals surface area (Å²) in [5, 5.41) is 0. The van der Waals surface area contributed by atoms with Crippen LogP contribution in [0.1, 0.15) is 32.1 Å². The van der Waals surface area contributed by atoms with Crippen molar-refractivity contribution in [1.82, 2.24) is 9.80 Å². The lowest BCUT2D eigenvalue weighted by atomic mass is 10.0. The maximum absolute atomic E-state index is 11.7. The average molecular weight is 226 g/mol. The zero-order valence-corrected chi connectivity index (χ0v) is 10.2. The van der Waals surface area contributed by atoms with Crippen molar-refractivity contribution < 1.29 is 9.53 Å². The molecule has 0 N–H and O–H groups in total. The number of likely N-dealkylation sites (N-methyl/N-ethyl adjacent to an activating group) is 1. The van der Waals surface area contributed by atoms with Crippen molar-refractivity contribution in [3.63, 3.8) is 0 Å². The van der Waals surface area contributed by atoms with Crippen LogP contribution < -0.4 is 0 Å². The molecule has 16 heavy (non-hydrogen) atoms. The van der Waals surface area contributed by atoms with E-state index in [0.29, 0.717) is 12.6 Å². The van der Waals surface area contributed by atoms with Gasteiger partial charge in [0.2, 0.25) is 0 Å². The van der Waals surface area contributed by atoms with E-state index in [0.717, 1.165) is 38.9 Å². The quantitative estimate of drug-likeness (QED) is 0.718. The number of rotatable bonds is 2. The third-order valence-electron chi connectivity index (χ3n) is 3.68. The van der Waals surface area contributed by atoms with Crippen LogP contribution in [0.4, 0.5) is 4.79 Å². The number of ether oxygens (including phenoxy) is 1. The predicted molar refractivity (Wildman–Crippen MR) is 62.4 cm³/mol. The molecule has 2 saturated heterocycles. The number of hydrogen-bond donors (Lipinski definition) is 0. The summed E-state index contributed by atoms with van der Waals surface area (Å²) in [5.41, 5.74) is 0. The lowest BCUT2D eigenvalue weighted by molar-refractivity contribution is 0.0642. The fraction of sp³-hybridized carbons (Fsp3) is 0.917. The van der Waals surface area contributed by atoms with Gasteiger partial charge in [-0.1, -0.05) is 6.42 Å². The van der Waals surface area contributed by atoms with E-state index >= 15 is 0 Å². The highest BCUT2D eigenvalue weighted by Gasteiger charge is 2.23. The van der Waals surface area contributed by atoms with E-state index in [1.807, 2.05) is 4.90 Å². The first kappa shape index (κ1) is 11.7. The number of carbonyl (C=O) groups is 1. The third kappa shape index (κ3) is 2.88. The molecule has 0 radical (unpaired) electrons. The number of piperidine rings is 1. The largest absolute Gasteiger partial charge is 0.448 e. The second-order valence-electron chi connectivity index (χ2n) is 4.90. The number of likely N-dealkylation sites (tertiary alicyclic amines) is 2. The van der Waals surface area contributed by atoms with Gasteiger partial charge >= 0.3 is 6.09 Å². The Bertz CT molecular complexity index is 239. The molecule has 2 rings (SSSR count). The summed E-state index contributed by atoms with van der Waals surface area (Å²) < 4.78 is 5.38. The van der Waals surface area contributed by atoms with E-state index < -0.39 is 0 Å². The Hall–Kier alpha value is -0.770. The minimum atomic E-state index is -0.114. The molecule has 2 aliphatic heterocycles. The summed E-state index contributed by atoms with van der Waals surface area (Å²) in [5.74, 6) is 0. The Morgan fingerprint density at radius 2 is 1.88 bits per heavy atom. The number of amides is 1. The maximum atomic E-state index is 11.7. The zero-order valence-electron chi connectivity index (χ0n) is 10.2. The summed E-state index contributed by atoms with van der Waals surface area (Å²) in [7, 11) is 2.12. The lowest BCUT2D eigenvalue weighted by Gasteiger charge is -2.32. The summed E-state index contributed by atoms with van der Waals surface area (Å²) in [4.78, 5) is 15.8. The maximum Gasteiger partial charge on any atom is 0.409 e. The Balaban J connectivity index is 1.71. The second kappa shape index (κ2) is 5.53. The predicted octanol–water partition coefficient (Wildman–Crippen LogP) is 1.70. The number of hydrogen-bond acceptors (Lipinski definition) is 3. The van der Waals surface area contributed by atoms with Crippen molar-refractivity contribution >= 4 is 6.09 Å². The van der Waals surface area contributed by atoms with E-state index in [1.165, 1.54) is 12.8 Å². The molecule has 0 aromatic rings. The third-order valence-corrected chi connectivity index (χ3v) is 3.68. The SMILES string of the molecule is CN1CCCCC1COC(=O)N1CCCC1. The van der Waals surface area contributed by atoms with Crippen LogP contribution in [-0.2, 0) is 4.74 Å². The van der Waals surface area contributed by atoms with Gasteiger partial charge in [-0.05, 0) is 39.3 Å². The first-order valence-corrected chi connectivity index (χ1v) is 6.39. The summed E-state index contributed by atoms with van der Waals surface area (Å²) in [6.07, 6.45) is 5.82. The minimum Gasteiger partial charge on any atom is -0.448 e. The molecule has 2 heterocycles. The molecule has 0 spiro atoms. The molecule has 2 aliphatic rings. The molecule has 0 aromatic carbocycles. The molecule has 0 bridgehead atoms. The van der Waals surface area contributed by atoms with Gasteiger partial charge in [0.25, 0.3) is 0 Å². The first-order chi connectivity index (χ1) is 7.77. The van der Waals surface area contributed by atoms with Crippen molar-refractivity contribution in [3.8, 4) is 0 Å². The highest BCUT2D eigenvalue weighted by atomic mass is 16.6. The van der Waals surface area contributed by atoms with Crippen molar-refractivity contribution in [2.24, 2.45) is 0 Å². The molecule has 0 aromatic heterocycles. The molecular formula is C12H22N2O2. The van der Waals surface area contributed by atoms with Crippen molar-refractivity contribution in [1.29, 1.82) is 0 Å². The normalized spacial score (nSPS) is 27.1. The van der Waals surface area contributed by atoms with Crippen LogP contribution >= 0.6 is 0 Å². The van der Waals surface area contributed by atoms with Crippen LogP contribution in [0.5, 0.6) is 0 Å². The van der Waals surface area contributed by atoms with Gasteiger partial charge in [-0.2, -0.15) is 0 Å². The summed E-state index contributed by atoms with van der Waals surface area (Å²) in [6.45, 7) is 3.44. The highest BCUT2D eigenvalue weighted by molar-refractivity contribution is 5.67. The van der Waals surface area contributed by atoms with E-state index in [4.69, 9.17) is 4.74 Å². The molecular weight excluding hydrogens is 204 g/mol. The van der Waals surface area contributed by atoms with Gasteiger partial charge in [0.1, 0.15) is 6.61 Å². The Morgan fingerprint density at radius 1 is 1.19 bits per heavy atom. The van der Waals surface area contributed by atoms with Crippen molar-refractivity contribution in [2.75, 3.05) is 33.3 Å². The van der Waals surface area contributed by atoms with Gasteiger partial charge in [0.05, 0.1) is 0 Å². The van der Waals surface area contributed by atoms with E-state index in [1.54, 1.807) is 0 Å². The fourth-order valence-corrected chi connectivity index (χ4v) is 2.51. The zero-order chi connectivity index (χ0) is 11.4. The molecule has 2 fully saturated rings. The highest BCUT2D eigenvalue weighted by Crippen LogP contribution is 2.16. The molecule has 4 nitrogen and oxygen atoms in total. The molecule has 92 valence electrons. The van der Waals surface area contributed by atoms with E-state index in [-0.39, 0.29) is 6.09 Å². The molecule has 4 heteroatoms. The Labute approximate surface area is 97.5 Å². The standard InChI is InChI=1S/C12H22N2O2/c1-13-7-3-2-6-11(13)10-16-12(15)14-8-4-5-9-14/h11H,2-10H2,1H3. The van der Waals surface area contributed by atoms with Gasteiger partial charge in [-0.3, -0.25) is 0 Å². The Kier molecular flexibility index (Phi) is 4.04. The minimum absolute atomic E-state index is 0.114. The summed E-state index contributed by atoms with van der Waals surface area (Å²) >= 11 is 0. The van der Waals surface area contributed by atoms with Crippen LogP contribution in [0.15, 0.2) is 0 Å². The van der Waals surface area contributed by atoms with Gasteiger partial charge in [-0.15, -0.1) is 0 Å². The van der Waals surface area contributed by atoms with Crippen molar-refractivity contribution in [2.45, 2.75) is 38.1 Å². The van der Waals surface area contributed by atoms with E-state index in [9.17, 15) is 4.79 Å². The molecule has 1 unspecified atom stereocenters. The van der Waals surface area contributed by atoms with Gasteiger partial charge in [-0.25, -0.2) is 4.79 Å². The first-order valence-electron chi connectivity index (χ1n) is 6.39. The summed E-state index contributed by atoms with van der Waals surface area (Å²) in [6, 6.07) is 0.431. The van der Waals surface area contributed by atoms with Gasteiger partial charge in [0, 0.05) is 19.1 Å². The Morgan fingerprint density at radius 3 is 2.56 bits per heavy atom. The van der Waals surface area contributed by atoms with Crippen LogP contribution in [0, 0.1) is 0 Å².